The van der Waals surface area contributed by atoms with Crippen LogP contribution < -0.4 is 14.8 Å². The van der Waals surface area contributed by atoms with E-state index in [9.17, 15) is 13.2 Å². The number of rotatable bonds is 7. The first-order valence-electron chi connectivity index (χ1n) is 9.84. The number of carbonyl (C=O) groups excluding carboxylic acids is 1. The van der Waals surface area contributed by atoms with Crippen LogP contribution in [-0.2, 0) is 10.0 Å². The highest BCUT2D eigenvalue weighted by Gasteiger charge is 2.17. The highest BCUT2D eigenvalue weighted by atomic mass is 32.2. The fourth-order valence-electron chi connectivity index (χ4n) is 3.36. The van der Waals surface area contributed by atoms with Crippen LogP contribution in [0.4, 0.5) is 5.69 Å². The Hall–Kier alpha value is -3.32. The second-order valence-electron chi connectivity index (χ2n) is 7.42. The summed E-state index contributed by atoms with van der Waals surface area (Å²) in [5, 5.41) is 2.98. The van der Waals surface area contributed by atoms with Gasteiger partial charge in [0.1, 0.15) is 5.75 Å². The van der Waals surface area contributed by atoms with Gasteiger partial charge in [-0.2, -0.15) is 0 Å². The van der Waals surface area contributed by atoms with E-state index in [2.05, 4.69) is 16.1 Å². The Morgan fingerprint density at radius 2 is 1.68 bits per heavy atom. The summed E-state index contributed by atoms with van der Waals surface area (Å²) in [6.45, 7) is 5.96. The zero-order valence-corrected chi connectivity index (χ0v) is 18.8. The van der Waals surface area contributed by atoms with Gasteiger partial charge in [-0.05, 0) is 74.4 Å². The molecule has 1 amide bonds. The molecule has 0 spiro atoms. The van der Waals surface area contributed by atoms with Crippen molar-refractivity contribution in [3.05, 3.63) is 89.0 Å². The average Bonchev–Trinajstić information content (AvgIpc) is 2.73. The van der Waals surface area contributed by atoms with Crippen molar-refractivity contribution in [3.8, 4) is 5.75 Å². The van der Waals surface area contributed by atoms with E-state index in [4.69, 9.17) is 4.74 Å². The highest BCUT2D eigenvalue weighted by Crippen LogP contribution is 2.22. The van der Waals surface area contributed by atoms with Crippen LogP contribution in [-0.4, -0.2) is 21.4 Å². The van der Waals surface area contributed by atoms with E-state index in [0.717, 1.165) is 16.7 Å². The monoisotopic (exact) mass is 438 g/mol. The normalized spacial score (nSPS) is 12.1. The van der Waals surface area contributed by atoms with E-state index < -0.39 is 10.0 Å². The molecule has 162 valence electrons. The van der Waals surface area contributed by atoms with Gasteiger partial charge in [0.25, 0.3) is 15.9 Å². The maximum atomic E-state index is 12.8. The number of methoxy groups -OCH3 is 1. The van der Waals surface area contributed by atoms with Crippen LogP contribution >= 0.6 is 0 Å². The van der Waals surface area contributed by atoms with Gasteiger partial charge in [-0.3, -0.25) is 9.52 Å². The second-order valence-corrected chi connectivity index (χ2v) is 9.10. The molecule has 1 unspecified atom stereocenters. The lowest BCUT2D eigenvalue weighted by Crippen LogP contribution is -2.27. The lowest BCUT2D eigenvalue weighted by Gasteiger charge is -2.17. The molecule has 0 heterocycles. The zero-order valence-electron chi connectivity index (χ0n) is 18.0. The Bertz CT molecular complexity index is 1190. The average molecular weight is 439 g/mol. The SMILES string of the molecule is COc1ccc(S(=O)(=O)Nc2cccc(C(=O)NC(C)c3ccc(C)cc3C)c2)cc1. The van der Waals surface area contributed by atoms with Gasteiger partial charge in [-0.25, -0.2) is 8.42 Å². The van der Waals surface area contributed by atoms with Crippen LogP contribution in [0.2, 0.25) is 0 Å². The summed E-state index contributed by atoms with van der Waals surface area (Å²) in [5.74, 6) is 0.286. The van der Waals surface area contributed by atoms with Crippen LogP contribution in [0.3, 0.4) is 0 Å². The quantitative estimate of drug-likeness (QED) is 0.564. The van der Waals surface area contributed by atoms with Gasteiger partial charge in [0.15, 0.2) is 0 Å². The van der Waals surface area contributed by atoms with Crippen molar-refractivity contribution in [3.63, 3.8) is 0 Å². The minimum absolute atomic E-state index is 0.103. The molecule has 0 saturated carbocycles. The van der Waals surface area contributed by atoms with Crippen LogP contribution in [0.25, 0.3) is 0 Å². The number of amides is 1. The first-order valence-corrected chi connectivity index (χ1v) is 11.3. The summed E-state index contributed by atoms with van der Waals surface area (Å²) in [6, 6.07) is 18.4. The van der Waals surface area contributed by atoms with Gasteiger partial charge in [-0.15, -0.1) is 0 Å². The second kappa shape index (κ2) is 9.22. The molecule has 0 radical (unpaired) electrons. The third-order valence-corrected chi connectivity index (χ3v) is 6.38. The van der Waals surface area contributed by atoms with Gasteiger partial charge in [0.2, 0.25) is 0 Å². The molecule has 0 fully saturated rings. The Morgan fingerprint density at radius 3 is 2.32 bits per heavy atom. The Labute approximate surface area is 183 Å². The number of hydrogen-bond donors (Lipinski definition) is 2. The molecule has 0 bridgehead atoms. The molecule has 0 aliphatic heterocycles. The topological polar surface area (TPSA) is 84.5 Å². The van der Waals surface area contributed by atoms with Gasteiger partial charge >= 0.3 is 0 Å². The van der Waals surface area contributed by atoms with Crippen LogP contribution in [0.5, 0.6) is 5.75 Å². The first-order chi connectivity index (χ1) is 14.7. The fourth-order valence-corrected chi connectivity index (χ4v) is 4.41. The molecular weight excluding hydrogens is 412 g/mol. The molecule has 0 aliphatic rings. The lowest BCUT2D eigenvalue weighted by molar-refractivity contribution is 0.0940. The zero-order chi connectivity index (χ0) is 22.6. The standard InChI is InChI=1S/C24H26N2O4S/c1-16-8-13-23(17(2)14-16)18(3)25-24(27)19-6-5-7-20(15-19)26-31(28,29)22-11-9-21(30-4)10-12-22/h5-15,18,26H,1-4H3,(H,25,27). The van der Waals surface area contributed by atoms with Crippen molar-refractivity contribution in [2.45, 2.75) is 31.7 Å². The first kappa shape index (κ1) is 22.4. The Morgan fingerprint density at radius 1 is 0.968 bits per heavy atom. The summed E-state index contributed by atoms with van der Waals surface area (Å²) < 4.78 is 32.9. The van der Waals surface area contributed by atoms with Crippen LogP contribution in [0.1, 0.15) is 40.0 Å². The summed E-state index contributed by atoms with van der Waals surface area (Å²) in [4.78, 5) is 12.9. The predicted molar refractivity (Wildman–Crippen MR) is 122 cm³/mol. The van der Waals surface area contributed by atoms with E-state index in [-0.39, 0.29) is 16.8 Å². The number of sulfonamides is 1. The van der Waals surface area contributed by atoms with Crippen molar-refractivity contribution in [2.24, 2.45) is 0 Å². The summed E-state index contributed by atoms with van der Waals surface area (Å²) >= 11 is 0. The molecule has 3 rings (SSSR count). The van der Waals surface area contributed by atoms with Crippen molar-refractivity contribution in [1.29, 1.82) is 0 Å². The van der Waals surface area contributed by atoms with Gasteiger partial charge in [0, 0.05) is 11.3 Å². The Balaban J connectivity index is 1.75. The molecule has 0 aromatic heterocycles. The minimum Gasteiger partial charge on any atom is -0.497 e. The van der Waals surface area contributed by atoms with Crippen LogP contribution in [0.15, 0.2) is 71.6 Å². The molecule has 1 atom stereocenters. The summed E-state index contributed by atoms with van der Waals surface area (Å²) in [7, 11) is -2.28. The van der Waals surface area contributed by atoms with Crippen molar-refractivity contribution < 1.29 is 17.9 Å². The minimum atomic E-state index is -3.79. The summed E-state index contributed by atoms with van der Waals surface area (Å²) in [5.41, 5.74) is 3.98. The third kappa shape index (κ3) is 5.44. The number of nitrogens with one attached hydrogen (secondary N) is 2. The Kier molecular flexibility index (Phi) is 6.65. The molecule has 2 N–H and O–H groups in total. The van der Waals surface area contributed by atoms with E-state index in [1.165, 1.54) is 25.3 Å². The molecule has 31 heavy (non-hydrogen) atoms. The van der Waals surface area contributed by atoms with Crippen LogP contribution in [0, 0.1) is 13.8 Å². The van der Waals surface area contributed by atoms with Crippen molar-refractivity contribution in [2.75, 3.05) is 11.8 Å². The van der Waals surface area contributed by atoms with E-state index in [0.29, 0.717) is 17.0 Å². The molecule has 3 aromatic rings. The third-order valence-electron chi connectivity index (χ3n) is 4.99. The molecule has 0 saturated heterocycles. The lowest BCUT2D eigenvalue weighted by atomic mass is 10.00. The van der Waals surface area contributed by atoms with E-state index >= 15 is 0 Å². The number of anilines is 1. The number of benzene rings is 3. The van der Waals surface area contributed by atoms with Gasteiger partial charge in [0.05, 0.1) is 18.0 Å². The molecule has 0 aliphatic carbocycles. The van der Waals surface area contributed by atoms with Crippen molar-refractivity contribution >= 4 is 21.6 Å². The van der Waals surface area contributed by atoms with Gasteiger partial charge < -0.3 is 10.1 Å². The largest absolute Gasteiger partial charge is 0.497 e. The maximum Gasteiger partial charge on any atom is 0.261 e. The highest BCUT2D eigenvalue weighted by molar-refractivity contribution is 7.92. The summed E-state index contributed by atoms with van der Waals surface area (Å²) in [6.07, 6.45) is 0. The fraction of sp³-hybridized carbons (Fsp3) is 0.208. The molecular formula is C24H26N2O4S. The molecule has 6 nitrogen and oxygen atoms in total. The number of ether oxygens (including phenoxy) is 1. The number of carbonyl (C=O) groups is 1. The number of aryl methyl sites for hydroxylation is 2. The molecule has 3 aromatic carbocycles. The predicted octanol–water partition coefficient (Wildman–Crippen LogP) is 4.60. The van der Waals surface area contributed by atoms with Crippen molar-refractivity contribution in [1.82, 2.24) is 5.32 Å². The molecule has 7 heteroatoms. The number of hydrogen-bond acceptors (Lipinski definition) is 4. The van der Waals surface area contributed by atoms with E-state index in [1.807, 2.05) is 32.9 Å². The smallest absolute Gasteiger partial charge is 0.261 e. The van der Waals surface area contributed by atoms with Gasteiger partial charge in [-0.1, -0.05) is 29.8 Å². The van der Waals surface area contributed by atoms with E-state index in [1.54, 1.807) is 30.3 Å². The maximum absolute atomic E-state index is 12.8.